The maximum Gasteiger partial charge on any atom is 0.228 e. The van der Waals surface area contributed by atoms with Gasteiger partial charge in [0.15, 0.2) is 0 Å². The standard InChI is InChI=1S/C17H24N2O2/c1-3-4-7-10-18-16(20)13-11-14(13)17(21)19-15-9-6-5-8-12(15)2/h5-6,8-9,13-14H,3-4,7,10-11H2,1-2H3,(H,18,20)(H,19,21). The highest BCUT2D eigenvalue weighted by atomic mass is 16.2. The summed E-state index contributed by atoms with van der Waals surface area (Å²) >= 11 is 0. The van der Waals surface area contributed by atoms with Crippen LogP contribution in [-0.4, -0.2) is 18.4 Å². The SMILES string of the molecule is CCCCCNC(=O)C1CC1C(=O)Nc1ccccc1C. The molecule has 21 heavy (non-hydrogen) atoms. The molecule has 0 radical (unpaired) electrons. The van der Waals surface area contributed by atoms with Gasteiger partial charge in [-0.15, -0.1) is 0 Å². The van der Waals surface area contributed by atoms with Gasteiger partial charge in [0.05, 0.1) is 11.8 Å². The van der Waals surface area contributed by atoms with Crippen molar-refractivity contribution in [3.8, 4) is 0 Å². The van der Waals surface area contributed by atoms with Gasteiger partial charge in [-0.2, -0.15) is 0 Å². The Bertz CT molecular complexity index is 513. The molecule has 0 spiro atoms. The van der Waals surface area contributed by atoms with Gasteiger partial charge in [-0.3, -0.25) is 9.59 Å². The number of anilines is 1. The monoisotopic (exact) mass is 288 g/mol. The zero-order chi connectivity index (χ0) is 15.2. The molecule has 4 nitrogen and oxygen atoms in total. The van der Waals surface area contributed by atoms with Crippen molar-refractivity contribution in [1.29, 1.82) is 0 Å². The molecule has 0 saturated heterocycles. The molecule has 0 heterocycles. The zero-order valence-corrected chi connectivity index (χ0v) is 12.8. The topological polar surface area (TPSA) is 58.2 Å². The number of carbonyl (C=O) groups excluding carboxylic acids is 2. The minimum absolute atomic E-state index is 0.0241. The van der Waals surface area contributed by atoms with Crippen LogP contribution in [0.2, 0.25) is 0 Å². The van der Waals surface area contributed by atoms with Crippen LogP contribution < -0.4 is 10.6 Å². The Morgan fingerprint density at radius 3 is 2.57 bits per heavy atom. The fourth-order valence-electron chi connectivity index (χ4n) is 2.43. The Hall–Kier alpha value is -1.84. The molecule has 0 aromatic heterocycles. The quantitative estimate of drug-likeness (QED) is 0.758. The molecule has 0 aliphatic heterocycles. The second-order valence-corrected chi connectivity index (χ2v) is 5.75. The second kappa shape index (κ2) is 7.25. The summed E-state index contributed by atoms with van der Waals surface area (Å²) in [5.41, 5.74) is 1.86. The van der Waals surface area contributed by atoms with Gasteiger partial charge in [0, 0.05) is 12.2 Å². The predicted molar refractivity (Wildman–Crippen MR) is 83.9 cm³/mol. The number of hydrogen-bond acceptors (Lipinski definition) is 2. The Morgan fingerprint density at radius 2 is 1.86 bits per heavy atom. The molecule has 1 aliphatic carbocycles. The van der Waals surface area contributed by atoms with Gasteiger partial charge in [0.25, 0.3) is 0 Å². The van der Waals surface area contributed by atoms with Crippen LogP contribution in [0, 0.1) is 18.8 Å². The van der Waals surface area contributed by atoms with Gasteiger partial charge in [-0.1, -0.05) is 38.0 Å². The predicted octanol–water partition coefficient (Wildman–Crippen LogP) is 2.88. The first-order chi connectivity index (χ1) is 10.1. The normalized spacial score (nSPS) is 19.9. The Kier molecular flexibility index (Phi) is 5.37. The highest BCUT2D eigenvalue weighted by molar-refractivity contribution is 5.99. The van der Waals surface area contributed by atoms with E-state index in [9.17, 15) is 9.59 Å². The first-order valence-corrected chi connectivity index (χ1v) is 7.77. The molecule has 2 rings (SSSR count). The fourth-order valence-corrected chi connectivity index (χ4v) is 2.43. The van der Waals surface area contributed by atoms with E-state index in [4.69, 9.17) is 0 Å². The molecule has 1 saturated carbocycles. The number of aryl methyl sites for hydroxylation is 1. The van der Waals surface area contributed by atoms with Gasteiger partial charge < -0.3 is 10.6 Å². The van der Waals surface area contributed by atoms with Crippen molar-refractivity contribution in [2.75, 3.05) is 11.9 Å². The molecule has 2 atom stereocenters. The molecule has 114 valence electrons. The summed E-state index contributed by atoms with van der Waals surface area (Å²) in [5, 5.41) is 5.84. The molecule has 1 aliphatic rings. The van der Waals surface area contributed by atoms with E-state index >= 15 is 0 Å². The smallest absolute Gasteiger partial charge is 0.228 e. The minimum Gasteiger partial charge on any atom is -0.356 e. The summed E-state index contributed by atoms with van der Waals surface area (Å²) in [5.74, 6) is -0.333. The largest absolute Gasteiger partial charge is 0.356 e. The van der Waals surface area contributed by atoms with Gasteiger partial charge in [-0.25, -0.2) is 0 Å². The van der Waals surface area contributed by atoms with Crippen LogP contribution in [0.5, 0.6) is 0 Å². The summed E-state index contributed by atoms with van der Waals surface area (Å²) in [6.45, 7) is 4.81. The van der Waals surface area contributed by atoms with E-state index in [1.807, 2.05) is 31.2 Å². The third-order valence-corrected chi connectivity index (χ3v) is 3.95. The number of nitrogens with one attached hydrogen (secondary N) is 2. The van der Waals surface area contributed by atoms with Crippen molar-refractivity contribution in [2.24, 2.45) is 11.8 Å². The maximum absolute atomic E-state index is 12.1. The molecular formula is C17H24N2O2. The summed E-state index contributed by atoms with van der Waals surface area (Å²) in [6.07, 6.45) is 3.94. The van der Waals surface area contributed by atoms with Crippen LogP contribution in [0.1, 0.15) is 38.2 Å². The minimum atomic E-state index is -0.171. The molecule has 4 heteroatoms. The lowest BCUT2D eigenvalue weighted by molar-refractivity contribution is -0.125. The van der Waals surface area contributed by atoms with E-state index in [2.05, 4.69) is 17.6 Å². The van der Waals surface area contributed by atoms with Gasteiger partial charge in [0.2, 0.25) is 11.8 Å². The lowest BCUT2D eigenvalue weighted by Gasteiger charge is -2.08. The second-order valence-electron chi connectivity index (χ2n) is 5.75. The van der Waals surface area contributed by atoms with Crippen LogP contribution in [0.4, 0.5) is 5.69 Å². The van der Waals surface area contributed by atoms with Crippen molar-refractivity contribution < 1.29 is 9.59 Å². The van der Waals surface area contributed by atoms with Crippen LogP contribution in [0.3, 0.4) is 0 Å². The highest BCUT2D eigenvalue weighted by Crippen LogP contribution is 2.39. The molecular weight excluding hydrogens is 264 g/mol. The number of benzene rings is 1. The average Bonchev–Trinajstić information content (AvgIpc) is 3.26. The van der Waals surface area contributed by atoms with E-state index < -0.39 is 0 Å². The summed E-state index contributed by atoms with van der Waals surface area (Å²) in [4.78, 5) is 24.0. The number of unbranched alkanes of at least 4 members (excludes halogenated alkanes) is 2. The molecule has 0 bridgehead atoms. The van der Waals surface area contributed by atoms with Crippen LogP contribution in [0.25, 0.3) is 0 Å². The van der Waals surface area contributed by atoms with Crippen molar-refractivity contribution >= 4 is 17.5 Å². The molecule has 2 unspecified atom stereocenters. The van der Waals surface area contributed by atoms with E-state index in [0.29, 0.717) is 6.42 Å². The molecule has 2 amide bonds. The number of para-hydroxylation sites is 1. The maximum atomic E-state index is 12.1. The first-order valence-electron chi connectivity index (χ1n) is 7.77. The molecule has 2 N–H and O–H groups in total. The number of amides is 2. The molecule has 1 fully saturated rings. The van der Waals surface area contributed by atoms with E-state index in [-0.39, 0.29) is 23.7 Å². The third-order valence-electron chi connectivity index (χ3n) is 3.95. The van der Waals surface area contributed by atoms with Crippen LogP contribution in [0.15, 0.2) is 24.3 Å². The van der Waals surface area contributed by atoms with E-state index in [0.717, 1.165) is 37.1 Å². The van der Waals surface area contributed by atoms with Crippen molar-refractivity contribution in [3.05, 3.63) is 29.8 Å². The number of carbonyl (C=O) groups is 2. The highest BCUT2D eigenvalue weighted by Gasteiger charge is 2.47. The zero-order valence-electron chi connectivity index (χ0n) is 12.8. The Balaban J connectivity index is 1.76. The Labute approximate surface area is 126 Å². The number of hydrogen-bond donors (Lipinski definition) is 2. The fraction of sp³-hybridized carbons (Fsp3) is 0.529. The average molecular weight is 288 g/mol. The van der Waals surface area contributed by atoms with E-state index in [1.54, 1.807) is 0 Å². The van der Waals surface area contributed by atoms with Crippen LogP contribution in [-0.2, 0) is 9.59 Å². The van der Waals surface area contributed by atoms with E-state index in [1.165, 1.54) is 0 Å². The first kappa shape index (κ1) is 15.5. The summed E-state index contributed by atoms with van der Waals surface area (Å²) in [7, 11) is 0. The summed E-state index contributed by atoms with van der Waals surface area (Å²) in [6, 6.07) is 7.68. The van der Waals surface area contributed by atoms with Crippen molar-refractivity contribution in [3.63, 3.8) is 0 Å². The van der Waals surface area contributed by atoms with Crippen molar-refractivity contribution in [2.45, 2.75) is 39.5 Å². The lowest BCUT2D eigenvalue weighted by Crippen LogP contribution is -2.28. The molecule has 1 aromatic rings. The van der Waals surface area contributed by atoms with Gasteiger partial charge in [-0.05, 0) is 31.4 Å². The Morgan fingerprint density at radius 1 is 1.14 bits per heavy atom. The van der Waals surface area contributed by atoms with Gasteiger partial charge >= 0.3 is 0 Å². The van der Waals surface area contributed by atoms with Crippen LogP contribution >= 0.6 is 0 Å². The third kappa shape index (κ3) is 4.31. The molecule has 1 aromatic carbocycles. The summed E-state index contributed by atoms with van der Waals surface area (Å²) < 4.78 is 0. The van der Waals surface area contributed by atoms with Crippen molar-refractivity contribution in [1.82, 2.24) is 5.32 Å². The lowest BCUT2D eigenvalue weighted by atomic mass is 10.2. The number of rotatable bonds is 7. The van der Waals surface area contributed by atoms with Gasteiger partial charge in [0.1, 0.15) is 0 Å².